The van der Waals surface area contributed by atoms with Crippen LogP contribution in [0.15, 0.2) is 36.5 Å². The molecule has 19 heavy (non-hydrogen) atoms. The van der Waals surface area contributed by atoms with Crippen LogP contribution >= 0.6 is 0 Å². The van der Waals surface area contributed by atoms with Crippen LogP contribution in [0.4, 0.5) is 0 Å². The van der Waals surface area contributed by atoms with Gasteiger partial charge in [-0.15, -0.1) is 0 Å². The van der Waals surface area contributed by atoms with E-state index in [2.05, 4.69) is 41.5 Å². The van der Waals surface area contributed by atoms with Crippen LogP contribution in [0.2, 0.25) is 0 Å². The Labute approximate surface area is 115 Å². The minimum Gasteiger partial charge on any atom is -0.382 e. The summed E-state index contributed by atoms with van der Waals surface area (Å²) in [4.78, 5) is 4.53. The van der Waals surface area contributed by atoms with Gasteiger partial charge in [-0.05, 0) is 31.5 Å². The molecule has 1 aromatic heterocycles. The van der Waals surface area contributed by atoms with E-state index in [0.29, 0.717) is 6.04 Å². The zero-order chi connectivity index (χ0) is 13.5. The lowest BCUT2D eigenvalue weighted by atomic mass is 10.0. The van der Waals surface area contributed by atoms with Crippen molar-refractivity contribution in [2.24, 2.45) is 0 Å². The maximum Gasteiger partial charge on any atom is 0.0749 e. The molecule has 0 bridgehead atoms. The first kappa shape index (κ1) is 14.0. The highest BCUT2D eigenvalue weighted by atomic mass is 16.5. The molecule has 1 N–H and O–H groups in total. The molecule has 1 atom stereocenters. The number of nitrogens with zero attached hydrogens (tertiary/aromatic N) is 1. The molecule has 3 nitrogen and oxygen atoms in total. The van der Waals surface area contributed by atoms with E-state index in [1.807, 2.05) is 19.2 Å². The number of hydrogen-bond donors (Lipinski definition) is 1. The number of rotatable bonds is 7. The summed E-state index contributed by atoms with van der Waals surface area (Å²) in [6.45, 7) is 6.65. The Bertz CT molecular complexity index is 508. The summed E-state index contributed by atoms with van der Waals surface area (Å²) in [6, 6.07) is 10.8. The predicted molar refractivity (Wildman–Crippen MR) is 79.3 cm³/mol. The van der Waals surface area contributed by atoms with Crippen LogP contribution in [0.3, 0.4) is 0 Å². The third-order valence-corrected chi connectivity index (χ3v) is 3.24. The Balaban J connectivity index is 2.27. The second kappa shape index (κ2) is 7.22. The number of hydrogen-bond acceptors (Lipinski definition) is 3. The number of para-hydroxylation sites is 1. The molecule has 1 aromatic carbocycles. The Kier molecular flexibility index (Phi) is 5.31. The van der Waals surface area contributed by atoms with Crippen molar-refractivity contribution in [3.8, 4) is 0 Å². The van der Waals surface area contributed by atoms with Crippen LogP contribution in [0.1, 0.15) is 31.9 Å². The summed E-state index contributed by atoms with van der Waals surface area (Å²) < 4.78 is 5.48. The van der Waals surface area contributed by atoms with Crippen molar-refractivity contribution in [2.45, 2.75) is 26.3 Å². The Morgan fingerprint density at radius 1 is 1.21 bits per heavy atom. The molecule has 1 unspecified atom stereocenters. The number of benzene rings is 1. The minimum atomic E-state index is 0.301. The van der Waals surface area contributed by atoms with E-state index in [1.54, 1.807) is 0 Å². The average molecular weight is 258 g/mol. The Morgan fingerprint density at radius 3 is 2.84 bits per heavy atom. The van der Waals surface area contributed by atoms with Crippen LogP contribution in [-0.4, -0.2) is 24.7 Å². The monoisotopic (exact) mass is 258 g/mol. The molecular weight excluding hydrogens is 236 g/mol. The maximum atomic E-state index is 5.48. The van der Waals surface area contributed by atoms with E-state index in [9.17, 15) is 0 Å². The fourth-order valence-electron chi connectivity index (χ4n) is 2.37. The molecule has 0 amide bonds. The molecule has 0 fully saturated rings. The van der Waals surface area contributed by atoms with Crippen LogP contribution < -0.4 is 5.32 Å². The summed E-state index contributed by atoms with van der Waals surface area (Å²) in [5.74, 6) is 0. The molecule has 102 valence electrons. The van der Waals surface area contributed by atoms with Crippen molar-refractivity contribution >= 4 is 10.9 Å². The SMILES string of the molecule is CCNC(CCOCC)c1cccc2cccnc12. The molecule has 0 aliphatic carbocycles. The third-order valence-electron chi connectivity index (χ3n) is 3.24. The molecule has 3 heteroatoms. The Morgan fingerprint density at radius 2 is 2.05 bits per heavy atom. The zero-order valence-corrected chi connectivity index (χ0v) is 11.7. The van der Waals surface area contributed by atoms with Crippen molar-refractivity contribution in [2.75, 3.05) is 19.8 Å². The highest BCUT2D eigenvalue weighted by Crippen LogP contribution is 2.24. The van der Waals surface area contributed by atoms with Crippen molar-refractivity contribution < 1.29 is 4.74 Å². The lowest BCUT2D eigenvalue weighted by molar-refractivity contribution is 0.136. The number of ether oxygens (including phenoxy) is 1. The topological polar surface area (TPSA) is 34.1 Å². The molecule has 0 aliphatic heterocycles. The first-order valence-electron chi connectivity index (χ1n) is 7.01. The van der Waals surface area contributed by atoms with Gasteiger partial charge in [0.05, 0.1) is 5.52 Å². The number of nitrogens with one attached hydrogen (secondary N) is 1. The van der Waals surface area contributed by atoms with Gasteiger partial charge in [0.15, 0.2) is 0 Å². The summed E-state index contributed by atoms with van der Waals surface area (Å²) >= 11 is 0. The largest absolute Gasteiger partial charge is 0.382 e. The first-order valence-corrected chi connectivity index (χ1v) is 7.01. The molecule has 0 saturated heterocycles. The summed E-state index contributed by atoms with van der Waals surface area (Å²) in [5.41, 5.74) is 2.35. The standard InChI is InChI=1S/C16H22N2O/c1-3-17-15(10-12-19-4-2)14-9-5-7-13-8-6-11-18-16(13)14/h5-9,11,15,17H,3-4,10,12H2,1-2H3. The number of aromatic nitrogens is 1. The molecule has 0 saturated carbocycles. The molecule has 1 heterocycles. The second-order valence-electron chi connectivity index (χ2n) is 4.52. The fraction of sp³-hybridized carbons (Fsp3) is 0.438. The highest BCUT2D eigenvalue weighted by Gasteiger charge is 2.13. The van der Waals surface area contributed by atoms with Crippen LogP contribution in [0, 0.1) is 0 Å². The summed E-state index contributed by atoms with van der Waals surface area (Å²) in [5, 5.41) is 4.72. The molecule has 2 rings (SSSR count). The number of fused-ring (bicyclic) bond motifs is 1. The van der Waals surface area contributed by atoms with Crippen molar-refractivity contribution in [3.63, 3.8) is 0 Å². The van der Waals surface area contributed by atoms with E-state index in [4.69, 9.17) is 4.74 Å². The van der Waals surface area contributed by atoms with E-state index in [0.717, 1.165) is 31.7 Å². The summed E-state index contributed by atoms with van der Waals surface area (Å²) in [6.07, 6.45) is 2.83. The fourth-order valence-corrected chi connectivity index (χ4v) is 2.37. The minimum absolute atomic E-state index is 0.301. The number of pyridine rings is 1. The normalized spacial score (nSPS) is 12.7. The van der Waals surface area contributed by atoms with Gasteiger partial charge in [-0.25, -0.2) is 0 Å². The lowest BCUT2D eigenvalue weighted by Crippen LogP contribution is -2.22. The zero-order valence-electron chi connectivity index (χ0n) is 11.7. The van der Waals surface area contributed by atoms with Gasteiger partial charge >= 0.3 is 0 Å². The smallest absolute Gasteiger partial charge is 0.0749 e. The molecule has 2 aromatic rings. The predicted octanol–water partition coefficient (Wildman–Crippen LogP) is 3.31. The van der Waals surface area contributed by atoms with E-state index >= 15 is 0 Å². The quantitative estimate of drug-likeness (QED) is 0.774. The highest BCUT2D eigenvalue weighted by molar-refractivity contribution is 5.81. The van der Waals surface area contributed by atoms with Crippen molar-refractivity contribution in [1.82, 2.24) is 10.3 Å². The van der Waals surface area contributed by atoms with Gasteiger partial charge in [-0.2, -0.15) is 0 Å². The van der Waals surface area contributed by atoms with Crippen LogP contribution in [0.25, 0.3) is 10.9 Å². The molecule has 0 spiro atoms. The van der Waals surface area contributed by atoms with E-state index in [1.165, 1.54) is 10.9 Å². The van der Waals surface area contributed by atoms with Gasteiger partial charge in [0.2, 0.25) is 0 Å². The van der Waals surface area contributed by atoms with Gasteiger partial charge in [0.25, 0.3) is 0 Å². The third kappa shape index (κ3) is 3.52. The van der Waals surface area contributed by atoms with Crippen LogP contribution in [-0.2, 0) is 4.74 Å². The van der Waals surface area contributed by atoms with E-state index < -0.39 is 0 Å². The van der Waals surface area contributed by atoms with Gasteiger partial charge in [-0.3, -0.25) is 4.98 Å². The van der Waals surface area contributed by atoms with Crippen LogP contribution in [0.5, 0.6) is 0 Å². The van der Waals surface area contributed by atoms with E-state index in [-0.39, 0.29) is 0 Å². The lowest BCUT2D eigenvalue weighted by Gasteiger charge is -2.19. The van der Waals surface area contributed by atoms with Gasteiger partial charge < -0.3 is 10.1 Å². The van der Waals surface area contributed by atoms with Gasteiger partial charge in [0, 0.05) is 30.8 Å². The van der Waals surface area contributed by atoms with Gasteiger partial charge in [0.1, 0.15) is 0 Å². The Hall–Kier alpha value is -1.45. The van der Waals surface area contributed by atoms with Crippen molar-refractivity contribution in [3.05, 3.63) is 42.1 Å². The second-order valence-corrected chi connectivity index (χ2v) is 4.52. The van der Waals surface area contributed by atoms with Gasteiger partial charge in [-0.1, -0.05) is 31.2 Å². The maximum absolute atomic E-state index is 5.48. The first-order chi connectivity index (χ1) is 9.36. The molecular formula is C16H22N2O. The summed E-state index contributed by atoms with van der Waals surface area (Å²) in [7, 11) is 0. The average Bonchev–Trinajstić information content (AvgIpc) is 2.46. The molecule has 0 aliphatic rings. The van der Waals surface area contributed by atoms with Crippen molar-refractivity contribution in [1.29, 1.82) is 0 Å². The molecule has 0 radical (unpaired) electrons.